The zero-order valence-electron chi connectivity index (χ0n) is 34.4. The molecule has 2 saturated carbocycles. The van der Waals surface area contributed by atoms with Crippen molar-refractivity contribution in [3.8, 4) is 23.0 Å². The monoisotopic (exact) mass is 839 g/mol. The smallest absolute Gasteiger partial charge is 0.408 e. The number of alkyl carbamates (subject to hydrolysis) is 1. The molecule has 3 aromatic rings. The number of benzene rings is 1. The summed E-state index contributed by atoms with van der Waals surface area (Å²) >= 11 is 1.46. The second kappa shape index (κ2) is 15.7. The van der Waals surface area contributed by atoms with E-state index in [2.05, 4.69) is 21.9 Å². The highest BCUT2D eigenvalue weighted by atomic mass is 32.2. The van der Waals surface area contributed by atoms with Crippen LogP contribution in [-0.2, 0) is 29.1 Å². The van der Waals surface area contributed by atoms with Crippen LogP contribution in [0.25, 0.3) is 22.2 Å². The summed E-state index contributed by atoms with van der Waals surface area (Å²) in [7, 11) is 1.45. The number of nitrogens with one attached hydrogen (secondary N) is 3. The Hall–Kier alpha value is -4.97. The number of rotatable bonds is 13. The molecule has 1 aromatic carbocycles. The number of amides is 4. The van der Waals surface area contributed by atoms with E-state index in [0.29, 0.717) is 30.0 Å². The summed E-state index contributed by atoms with van der Waals surface area (Å²) in [6, 6.07) is 4.99. The lowest BCUT2D eigenvalue weighted by atomic mass is 9.85. The van der Waals surface area contributed by atoms with Crippen molar-refractivity contribution in [2.45, 2.75) is 102 Å². The van der Waals surface area contributed by atoms with Crippen molar-refractivity contribution in [3.05, 3.63) is 42.3 Å². The molecule has 314 valence electrons. The molecule has 0 bridgehead atoms. The number of pyridine rings is 1. The highest BCUT2D eigenvalue weighted by molar-refractivity contribution is 7.91. The van der Waals surface area contributed by atoms with Crippen molar-refractivity contribution in [2.75, 3.05) is 32.6 Å². The molecule has 4 amide bonds. The molecule has 0 spiro atoms. The van der Waals surface area contributed by atoms with Crippen LogP contribution >= 0.6 is 11.3 Å². The van der Waals surface area contributed by atoms with Gasteiger partial charge in [-0.05, 0) is 63.0 Å². The maximum Gasteiger partial charge on any atom is 0.408 e. The number of methoxy groups -OCH3 is 1. The van der Waals surface area contributed by atoms with Gasteiger partial charge in [0.15, 0.2) is 5.13 Å². The minimum atomic E-state index is -3.92. The van der Waals surface area contributed by atoms with Crippen molar-refractivity contribution < 1.29 is 41.8 Å². The van der Waals surface area contributed by atoms with Crippen LogP contribution in [0.5, 0.6) is 11.6 Å². The molecule has 3 aliphatic rings. The number of carbonyl (C=O) groups excluding carboxylic acids is 4. The number of ether oxygens (including phenoxy) is 3. The van der Waals surface area contributed by atoms with Crippen LogP contribution in [0.15, 0.2) is 42.3 Å². The number of hydrogen-bond donors (Lipinski definition) is 3. The summed E-state index contributed by atoms with van der Waals surface area (Å²) in [6.07, 6.45) is 0.912. The first-order chi connectivity index (χ1) is 27.0. The van der Waals surface area contributed by atoms with Crippen LogP contribution in [-0.4, -0.2) is 109 Å². The molecule has 1 aliphatic heterocycles. The Labute approximate surface area is 343 Å². The van der Waals surface area contributed by atoms with E-state index in [-0.39, 0.29) is 25.3 Å². The average molecular weight is 840 g/mol. The van der Waals surface area contributed by atoms with Gasteiger partial charge in [0.2, 0.25) is 27.7 Å². The summed E-state index contributed by atoms with van der Waals surface area (Å²) in [6.45, 7) is 14.2. The van der Waals surface area contributed by atoms with Gasteiger partial charge in [-0.3, -0.25) is 19.1 Å². The highest BCUT2D eigenvalue weighted by Crippen LogP contribution is 2.46. The van der Waals surface area contributed by atoms with Crippen LogP contribution in [0.4, 0.5) is 9.93 Å². The zero-order valence-corrected chi connectivity index (χ0v) is 36.0. The number of nitrogens with zero attached hydrogens (tertiary/aromatic N) is 4. The first kappa shape index (κ1) is 42.6. The summed E-state index contributed by atoms with van der Waals surface area (Å²) in [4.78, 5) is 68.6. The zero-order chi connectivity index (χ0) is 42.5. The molecule has 58 heavy (non-hydrogen) atoms. The van der Waals surface area contributed by atoms with Gasteiger partial charge in [0.05, 0.1) is 18.9 Å². The topological polar surface area (TPSA) is 198 Å². The van der Waals surface area contributed by atoms with E-state index < -0.39 is 79.7 Å². The van der Waals surface area contributed by atoms with Gasteiger partial charge in [0, 0.05) is 43.3 Å². The fourth-order valence-electron chi connectivity index (χ4n) is 6.97. The van der Waals surface area contributed by atoms with Gasteiger partial charge in [-0.2, -0.15) is 0 Å². The molecule has 18 heteroatoms. The van der Waals surface area contributed by atoms with Crippen LogP contribution in [0.3, 0.4) is 0 Å². The van der Waals surface area contributed by atoms with Crippen LogP contribution < -0.4 is 29.7 Å². The Kier molecular flexibility index (Phi) is 11.5. The lowest BCUT2D eigenvalue weighted by Gasteiger charge is -2.36. The summed E-state index contributed by atoms with van der Waals surface area (Å²) in [5.41, 5.74) is -2.11. The van der Waals surface area contributed by atoms with E-state index in [1.54, 1.807) is 54.7 Å². The summed E-state index contributed by atoms with van der Waals surface area (Å²) in [5.74, 6) is -1.81. The maximum atomic E-state index is 14.6. The third-order valence-electron chi connectivity index (χ3n) is 10.3. The van der Waals surface area contributed by atoms with Gasteiger partial charge in [-0.1, -0.05) is 32.9 Å². The number of thiazole rings is 1. The van der Waals surface area contributed by atoms with Crippen molar-refractivity contribution in [3.63, 3.8) is 0 Å². The summed E-state index contributed by atoms with van der Waals surface area (Å²) in [5, 5.41) is 9.09. The molecular formula is C40H53N7O9S2. The summed E-state index contributed by atoms with van der Waals surface area (Å²) < 4.78 is 45.2. The number of hydrogen-bond acceptors (Lipinski definition) is 13. The molecule has 5 atom stereocenters. The SMILES string of the molecule is C=C[C@@H]1C[C@]1(NC(=O)[C@@H]1C[C@@H](Oc2cc3ccc(OC)cc3c(-c3csc(N(C)C)n3)n2)CN1C(=O)[C@@H](NC(=O)OC(C)(C)C)C(C)(C)C)C(=O)NS(=O)(=O)C1CC1. The molecule has 3 N–H and O–H groups in total. The molecule has 3 heterocycles. The normalized spacial score (nSPS) is 22.4. The number of fused-ring (bicyclic) bond motifs is 1. The fourth-order valence-corrected chi connectivity index (χ4v) is 9.07. The van der Waals surface area contributed by atoms with Crippen molar-refractivity contribution in [2.24, 2.45) is 11.3 Å². The van der Waals surface area contributed by atoms with Crippen molar-refractivity contribution in [1.29, 1.82) is 0 Å². The molecule has 2 aromatic heterocycles. The van der Waals surface area contributed by atoms with Crippen molar-refractivity contribution in [1.82, 2.24) is 30.2 Å². The van der Waals surface area contributed by atoms with E-state index in [4.69, 9.17) is 24.2 Å². The Morgan fingerprint density at radius 2 is 1.79 bits per heavy atom. The number of likely N-dealkylation sites (tertiary alicyclic amines) is 1. The number of sulfonamides is 1. The second-order valence-electron chi connectivity index (χ2n) is 17.4. The predicted octanol–water partition coefficient (Wildman–Crippen LogP) is 4.39. The highest BCUT2D eigenvalue weighted by Gasteiger charge is 2.62. The van der Waals surface area contributed by atoms with Gasteiger partial charge >= 0.3 is 6.09 Å². The predicted molar refractivity (Wildman–Crippen MR) is 220 cm³/mol. The Morgan fingerprint density at radius 1 is 1.09 bits per heavy atom. The quantitative estimate of drug-likeness (QED) is 0.206. The molecule has 0 radical (unpaired) electrons. The van der Waals surface area contributed by atoms with E-state index in [1.165, 1.54) is 22.3 Å². The largest absolute Gasteiger partial charge is 0.497 e. The third kappa shape index (κ3) is 9.17. The standard InChI is InChI=1S/C40H53N7O9S2/c1-11-23-19-40(23,35(50)45-58(52,53)26-14-15-26)44-33(48)29-18-25(20-47(29)34(49)32(38(2,3)4)43-37(51)56-39(5,6)7)55-30-16-22-12-13-24(54-10)17-27(22)31(42-30)28-21-57-36(41-28)46(8)9/h11-13,16-17,21,23,25-26,29,32H,1,14-15,18-20H2,2-10H3,(H,43,51)(H,44,48)(H,45,50)/t23-,25-,29+,32-,40-/m1/s1. The van der Waals surface area contributed by atoms with Gasteiger partial charge in [-0.15, -0.1) is 17.9 Å². The molecule has 2 aliphatic carbocycles. The number of anilines is 1. The van der Waals surface area contributed by atoms with Gasteiger partial charge in [0.1, 0.15) is 46.5 Å². The maximum absolute atomic E-state index is 14.6. The lowest BCUT2D eigenvalue weighted by Crippen LogP contribution is -2.60. The number of carbonyl (C=O) groups is 4. The van der Waals surface area contributed by atoms with Crippen LogP contribution in [0.1, 0.15) is 67.2 Å². The Morgan fingerprint density at radius 3 is 2.36 bits per heavy atom. The lowest BCUT2D eigenvalue weighted by molar-refractivity contribution is -0.143. The van der Waals surface area contributed by atoms with Gasteiger partial charge in [0.25, 0.3) is 5.91 Å². The fraction of sp³-hybridized carbons (Fsp3) is 0.550. The second-order valence-corrected chi connectivity index (χ2v) is 20.2. The van der Waals surface area contributed by atoms with Crippen LogP contribution in [0.2, 0.25) is 0 Å². The molecule has 3 fully saturated rings. The third-order valence-corrected chi connectivity index (χ3v) is 13.1. The first-order valence-corrected chi connectivity index (χ1v) is 21.6. The van der Waals surface area contributed by atoms with E-state index >= 15 is 0 Å². The van der Waals surface area contributed by atoms with E-state index in [9.17, 15) is 27.6 Å². The first-order valence-electron chi connectivity index (χ1n) is 19.1. The Bertz CT molecular complexity index is 2230. The molecule has 16 nitrogen and oxygen atoms in total. The molecule has 1 saturated heterocycles. The van der Waals surface area contributed by atoms with Gasteiger partial charge < -0.3 is 34.6 Å². The minimum absolute atomic E-state index is 0.0170. The molecular weight excluding hydrogens is 787 g/mol. The van der Waals surface area contributed by atoms with Gasteiger partial charge in [-0.25, -0.2) is 23.2 Å². The Balaban J connectivity index is 1.34. The van der Waals surface area contributed by atoms with Crippen molar-refractivity contribution >= 4 is 61.1 Å². The number of aromatic nitrogens is 2. The van der Waals surface area contributed by atoms with E-state index in [1.807, 2.05) is 42.6 Å². The molecule has 0 unspecified atom stereocenters. The average Bonchev–Trinajstić information content (AvgIpc) is 4.01. The van der Waals surface area contributed by atoms with E-state index in [0.717, 1.165) is 15.9 Å². The van der Waals surface area contributed by atoms with Crippen LogP contribution in [0, 0.1) is 11.3 Å². The molecule has 6 rings (SSSR count). The minimum Gasteiger partial charge on any atom is -0.497 e.